The van der Waals surface area contributed by atoms with E-state index in [0.29, 0.717) is 30.8 Å². The van der Waals surface area contributed by atoms with Gasteiger partial charge < -0.3 is 14.1 Å². The van der Waals surface area contributed by atoms with Crippen molar-refractivity contribution in [3.63, 3.8) is 0 Å². The van der Waals surface area contributed by atoms with E-state index in [0.717, 1.165) is 12.0 Å². The third kappa shape index (κ3) is 4.91. The number of nitrogens with zero attached hydrogens (tertiary/aromatic N) is 1. The second-order valence-electron chi connectivity index (χ2n) is 6.66. The molecular weight excluding hydrogens is 362 g/mol. The van der Waals surface area contributed by atoms with Crippen LogP contribution in [-0.2, 0) is 16.0 Å². The van der Waals surface area contributed by atoms with Gasteiger partial charge in [-0.25, -0.2) is 0 Å². The monoisotopic (exact) mass is 385 g/mol. The highest BCUT2D eigenvalue weighted by Gasteiger charge is 2.29. The van der Waals surface area contributed by atoms with Crippen LogP contribution < -0.4 is 15.6 Å². The highest BCUT2D eigenvalue weighted by atomic mass is 16.5. The lowest BCUT2D eigenvalue weighted by Gasteiger charge is -2.31. The van der Waals surface area contributed by atoms with Gasteiger partial charge in [0, 0.05) is 13.1 Å². The van der Waals surface area contributed by atoms with Crippen molar-refractivity contribution >= 4 is 17.7 Å². The maximum absolute atomic E-state index is 12.4. The Balaban J connectivity index is 1.47. The number of amides is 3. The second-order valence-corrected chi connectivity index (χ2v) is 6.66. The summed E-state index contributed by atoms with van der Waals surface area (Å²) < 4.78 is 10.0. The van der Waals surface area contributed by atoms with Gasteiger partial charge >= 0.3 is 0 Å². The Kier molecular flexibility index (Phi) is 6.31. The van der Waals surface area contributed by atoms with Crippen LogP contribution in [0.15, 0.2) is 47.3 Å². The number of ether oxygens (including phenoxy) is 1. The third-order valence-corrected chi connectivity index (χ3v) is 4.70. The molecule has 0 unspecified atom stereocenters. The van der Waals surface area contributed by atoms with Crippen molar-refractivity contribution in [1.29, 1.82) is 0 Å². The summed E-state index contributed by atoms with van der Waals surface area (Å²) in [5.74, 6) is -0.432. The van der Waals surface area contributed by atoms with Gasteiger partial charge in [-0.2, -0.15) is 0 Å². The van der Waals surface area contributed by atoms with Crippen molar-refractivity contribution < 1.29 is 23.5 Å². The summed E-state index contributed by atoms with van der Waals surface area (Å²) in [5, 5.41) is 0. The molecule has 1 aromatic carbocycles. The molecule has 3 rings (SSSR count). The molecule has 8 heteroatoms. The summed E-state index contributed by atoms with van der Waals surface area (Å²) in [6.07, 6.45) is 4.36. The molecule has 0 radical (unpaired) electrons. The topological polar surface area (TPSA) is 101 Å². The molecule has 28 heavy (non-hydrogen) atoms. The standard InChI is InChI=1S/C20H23N3O5/c1-27-17-6-4-14(5-7-17)11-18(24)21-22-19(25)15-3-2-9-23(12-15)20(26)16-8-10-28-13-16/h4-8,10,13,15H,2-3,9,11-12H2,1H3,(H,21,24)(H,22,25)/t15-/m1/s1. The number of methoxy groups -OCH3 is 1. The Morgan fingerprint density at radius 2 is 1.96 bits per heavy atom. The van der Waals surface area contributed by atoms with E-state index in [1.165, 1.54) is 12.5 Å². The zero-order chi connectivity index (χ0) is 19.9. The van der Waals surface area contributed by atoms with E-state index in [-0.39, 0.29) is 30.1 Å². The predicted molar refractivity (Wildman–Crippen MR) is 100 cm³/mol. The molecule has 1 saturated heterocycles. The molecule has 3 amide bonds. The van der Waals surface area contributed by atoms with Gasteiger partial charge in [0.25, 0.3) is 5.91 Å². The Morgan fingerprint density at radius 3 is 2.64 bits per heavy atom. The van der Waals surface area contributed by atoms with Gasteiger partial charge in [-0.1, -0.05) is 12.1 Å². The molecule has 1 aromatic heterocycles. The summed E-state index contributed by atoms with van der Waals surface area (Å²) in [6, 6.07) is 8.73. The highest BCUT2D eigenvalue weighted by molar-refractivity contribution is 5.94. The Hall–Kier alpha value is -3.29. The average molecular weight is 385 g/mol. The zero-order valence-corrected chi connectivity index (χ0v) is 15.6. The van der Waals surface area contributed by atoms with E-state index in [4.69, 9.17) is 9.15 Å². The molecule has 2 heterocycles. The van der Waals surface area contributed by atoms with Crippen LogP contribution in [0.4, 0.5) is 0 Å². The van der Waals surface area contributed by atoms with Gasteiger partial charge in [-0.05, 0) is 36.6 Å². The van der Waals surface area contributed by atoms with Crippen LogP contribution in [0, 0.1) is 5.92 Å². The number of rotatable bonds is 5. The van der Waals surface area contributed by atoms with Crippen molar-refractivity contribution in [2.75, 3.05) is 20.2 Å². The number of hydrogen-bond donors (Lipinski definition) is 2. The lowest BCUT2D eigenvalue weighted by Crippen LogP contribution is -2.50. The zero-order valence-electron chi connectivity index (χ0n) is 15.6. The molecule has 0 aliphatic carbocycles. The van der Waals surface area contributed by atoms with Crippen molar-refractivity contribution in [3.8, 4) is 5.75 Å². The molecule has 148 valence electrons. The van der Waals surface area contributed by atoms with E-state index < -0.39 is 0 Å². The maximum atomic E-state index is 12.4. The molecular formula is C20H23N3O5. The molecule has 2 N–H and O–H groups in total. The largest absolute Gasteiger partial charge is 0.497 e. The fourth-order valence-electron chi connectivity index (χ4n) is 3.15. The van der Waals surface area contributed by atoms with Crippen LogP contribution in [0.5, 0.6) is 5.75 Å². The van der Waals surface area contributed by atoms with Crippen molar-refractivity contribution in [1.82, 2.24) is 15.8 Å². The van der Waals surface area contributed by atoms with E-state index >= 15 is 0 Å². The average Bonchev–Trinajstić information content (AvgIpc) is 3.27. The predicted octanol–water partition coefficient (Wildman–Crippen LogP) is 1.53. The quantitative estimate of drug-likeness (QED) is 0.760. The number of likely N-dealkylation sites (tertiary alicyclic amines) is 1. The lowest BCUT2D eigenvalue weighted by molar-refractivity contribution is -0.131. The van der Waals surface area contributed by atoms with Crippen LogP contribution in [0.3, 0.4) is 0 Å². The molecule has 2 aromatic rings. The minimum absolute atomic E-state index is 0.139. The maximum Gasteiger partial charge on any atom is 0.257 e. The van der Waals surface area contributed by atoms with Crippen LogP contribution >= 0.6 is 0 Å². The first-order valence-electron chi connectivity index (χ1n) is 9.10. The van der Waals surface area contributed by atoms with Crippen molar-refractivity contribution in [3.05, 3.63) is 54.0 Å². The fourth-order valence-corrected chi connectivity index (χ4v) is 3.15. The number of piperidine rings is 1. The number of hydrogen-bond acceptors (Lipinski definition) is 5. The number of benzene rings is 1. The third-order valence-electron chi connectivity index (χ3n) is 4.70. The van der Waals surface area contributed by atoms with Crippen LogP contribution in [-0.4, -0.2) is 42.8 Å². The Labute approximate surface area is 162 Å². The van der Waals surface area contributed by atoms with E-state index in [9.17, 15) is 14.4 Å². The molecule has 0 spiro atoms. The number of carbonyl (C=O) groups excluding carboxylic acids is 3. The summed E-state index contributed by atoms with van der Waals surface area (Å²) in [4.78, 5) is 38.5. The normalized spacial score (nSPS) is 16.3. The summed E-state index contributed by atoms with van der Waals surface area (Å²) in [6.45, 7) is 0.905. The van der Waals surface area contributed by atoms with Gasteiger partial charge in [0.15, 0.2) is 0 Å². The summed E-state index contributed by atoms with van der Waals surface area (Å²) in [7, 11) is 1.58. The Morgan fingerprint density at radius 1 is 1.18 bits per heavy atom. The second kappa shape index (κ2) is 9.07. The number of nitrogens with one attached hydrogen (secondary N) is 2. The van der Waals surface area contributed by atoms with Gasteiger partial charge in [0.1, 0.15) is 12.0 Å². The molecule has 0 saturated carbocycles. The van der Waals surface area contributed by atoms with Crippen LogP contribution in [0.2, 0.25) is 0 Å². The van der Waals surface area contributed by atoms with E-state index in [1.54, 1.807) is 42.3 Å². The molecule has 1 atom stereocenters. The molecule has 1 aliphatic rings. The number of carbonyl (C=O) groups is 3. The summed E-state index contributed by atoms with van der Waals surface area (Å²) in [5.41, 5.74) is 6.18. The van der Waals surface area contributed by atoms with Gasteiger partial charge in [-0.3, -0.25) is 25.2 Å². The first kappa shape index (κ1) is 19.5. The first-order chi connectivity index (χ1) is 13.6. The highest BCUT2D eigenvalue weighted by Crippen LogP contribution is 2.19. The van der Waals surface area contributed by atoms with Crippen LogP contribution in [0.1, 0.15) is 28.8 Å². The smallest absolute Gasteiger partial charge is 0.257 e. The minimum Gasteiger partial charge on any atom is -0.497 e. The summed E-state index contributed by atoms with van der Waals surface area (Å²) >= 11 is 0. The van der Waals surface area contributed by atoms with Gasteiger partial charge in [-0.15, -0.1) is 0 Å². The molecule has 1 aliphatic heterocycles. The van der Waals surface area contributed by atoms with Crippen molar-refractivity contribution in [2.24, 2.45) is 5.92 Å². The fraction of sp³-hybridized carbons (Fsp3) is 0.350. The SMILES string of the molecule is COc1ccc(CC(=O)NNC(=O)[C@@H]2CCCN(C(=O)c3ccoc3)C2)cc1. The first-order valence-corrected chi connectivity index (χ1v) is 9.10. The number of furan rings is 1. The minimum atomic E-state index is -0.370. The van der Waals surface area contributed by atoms with Crippen molar-refractivity contribution in [2.45, 2.75) is 19.3 Å². The number of hydrazine groups is 1. The lowest BCUT2D eigenvalue weighted by atomic mass is 9.97. The molecule has 0 bridgehead atoms. The molecule has 1 fully saturated rings. The van der Waals surface area contributed by atoms with E-state index in [1.807, 2.05) is 0 Å². The molecule has 8 nitrogen and oxygen atoms in total. The van der Waals surface area contributed by atoms with Gasteiger partial charge in [0.05, 0.1) is 31.3 Å². The Bertz CT molecular complexity index is 817. The van der Waals surface area contributed by atoms with Gasteiger partial charge in [0.2, 0.25) is 11.8 Å². The van der Waals surface area contributed by atoms with Crippen LogP contribution in [0.25, 0.3) is 0 Å². The van der Waals surface area contributed by atoms with E-state index in [2.05, 4.69) is 10.9 Å².